The van der Waals surface area contributed by atoms with Crippen LogP contribution in [-0.4, -0.2) is 64.3 Å². The summed E-state index contributed by atoms with van der Waals surface area (Å²) >= 11 is 0. The zero-order chi connectivity index (χ0) is 34.8. The third-order valence-corrected chi connectivity index (χ3v) is 8.11. The number of rotatable bonds is 12. The molecular formula is C37H36N4O8. The zero-order valence-electron chi connectivity index (χ0n) is 26.6. The van der Waals surface area contributed by atoms with Gasteiger partial charge in [-0.3, -0.25) is 5.41 Å². The largest absolute Gasteiger partial charge is 0.480 e. The molecule has 0 heterocycles. The van der Waals surface area contributed by atoms with Gasteiger partial charge in [-0.2, -0.15) is 4.90 Å². The van der Waals surface area contributed by atoms with Crippen LogP contribution in [0.1, 0.15) is 41.0 Å². The minimum absolute atomic E-state index is 0.0655. The summed E-state index contributed by atoms with van der Waals surface area (Å²) in [6, 6.07) is 31.3. The third-order valence-electron chi connectivity index (χ3n) is 8.11. The Balaban J connectivity index is 1.30. The molecule has 0 saturated heterocycles. The van der Waals surface area contributed by atoms with Crippen LogP contribution in [0.4, 0.5) is 14.4 Å². The molecule has 0 unspecified atom stereocenters. The van der Waals surface area contributed by atoms with Crippen molar-refractivity contribution in [2.45, 2.75) is 38.0 Å². The van der Waals surface area contributed by atoms with Crippen LogP contribution in [0.5, 0.6) is 0 Å². The van der Waals surface area contributed by atoms with Gasteiger partial charge in [-0.05, 0) is 46.2 Å². The Morgan fingerprint density at radius 1 is 0.694 bits per heavy atom. The number of hydrogen-bond acceptors (Lipinski definition) is 8. The van der Waals surface area contributed by atoms with Crippen molar-refractivity contribution in [3.8, 4) is 11.1 Å². The number of guanidine groups is 1. The Morgan fingerprint density at radius 2 is 1.16 bits per heavy atom. The number of nitrogens with one attached hydrogen (secondary N) is 1. The highest BCUT2D eigenvalue weighted by Crippen LogP contribution is 2.44. The van der Waals surface area contributed by atoms with Gasteiger partial charge in [0, 0.05) is 12.5 Å². The van der Waals surface area contributed by atoms with Crippen molar-refractivity contribution in [1.82, 2.24) is 9.80 Å². The summed E-state index contributed by atoms with van der Waals surface area (Å²) in [5, 5.41) is 18.1. The van der Waals surface area contributed by atoms with Crippen molar-refractivity contribution in [1.29, 1.82) is 5.41 Å². The van der Waals surface area contributed by atoms with E-state index >= 15 is 0 Å². The van der Waals surface area contributed by atoms with Gasteiger partial charge in [0.1, 0.15) is 25.9 Å². The molecule has 0 aromatic heterocycles. The number of carboxylic acid groups (broad SMARTS) is 1. The van der Waals surface area contributed by atoms with E-state index in [2.05, 4.69) is 0 Å². The van der Waals surface area contributed by atoms with Gasteiger partial charge in [0.2, 0.25) is 0 Å². The predicted molar refractivity (Wildman–Crippen MR) is 179 cm³/mol. The Kier molecular flexibility index (Phi) is 11.2. The van der Waals surface area contributed by atoms with E-state index in [1.54, 1.807) is 54.6 Å². The summed E-state index contributed by atoms with van der Waals surface area (Å²) < 4.78 is 16.3. The highest BCUT2D eigenvalue weighted by Gasteiger charge is 2.39. The Bertz CT molecular complexity index is 1760. The number of carbonyl (C=O) groups excluding carboxylic acids is 3. The lowest BCUT2D eigenvalue weighted by Crippen LogP contribution is -2.50. The second kappa shape index (κ2) is 16.1. The molecule has 1 aliphatic carbocycles. The van der Waals surface area contributed by atoms with Crippen molar-refractivity contribution < 1.29 is 38.5 Å². The summed E-state index contributed by atoms with van der Waals surface area (Å²) in [7, 11) is 0. The molecule has 0 radical (unpaired) electrons. The van der Waals surface area contributed by atoms with Gasteiger partial charge in [0.25, 0.3) is 0 Å². The van der Waals surface area contributed by atoms with Gasteiger partial charge in [-0.1, -0.05) is 109 Å². The van der Waals surface area contributed by atoms with Crippen LogP contribution in [0.25, 0.3) is 11.1 Å². The minimum Gasteiger partial charge on any atom is -0.480 e. The Labute approximate surface area is 283 Å². The molecule has 0 spiro atoms. The first-order valence-electron chi connectivity index (χ1n) is 15.6. The molecule has 0 aliphatic heterocycles. The molecule has 12 nitrogen and oxygen atoms in total. The topological polar surface area (TPSA) is 173 Å². The summed E-state index contributed by atoms with van der Waals surface area (Å²) in [6.07, 6.45) is -3.69. The van der Waals surface area contributed by atoms with Crippen LogP contribution in [0.3, 0.4) is 0 Å². The van der Waals surface area contributed by atoms with E-state index in [-0.39, 0.29) is 45.1 Å². The highest BCUT2D eigenvalue weighted by molar-refractivity contribution is 5.94. The lowest BCUT2D eigenvalue weighted by molar-refractivity contribution is -0.142. The third kappa shape index (κ3) is 8.41. The fourth-order valence-electron chi connectivity index (χ4n) is 5.69. The first kappa shape index (κ1) is 34.2. The van der Waals surface area contributed by atoms with Gasteiger partial charge in [-0.15, -0.1) is 0 Å². The van der Waals surface area contributed by atoms with E-state index in [0.717, 1.165) is 32.7 Å². The molecule has 12 heteroatoms. The van der Waals surface area contributed by atoms with Crippen LogP contribution < -0.4 is 5.73 Å². The van der Waals surface area contributed by atoms with E-state index in [4.69, 9.17) is 25.4 Å². The quantitative estimate of drug-likeness (QED) is 0.0887. The predicted octanol–water partition coefficient (Wildman–Crippen LogP) is 6.34. The maximum Gasteiger partial charge on any atom is 0.420 e. The number of carbonyl (C=O) groups is 4. The van der Waals surface area contributed by atoms with E-state index < -0.39 is 36.3 Å². The van der Waals surface area contributed by atoms with E-state index in [1.807, 2.05) is 54.6 Å². The number of fused-ring (bicyclic) bond motifs is 3. The van der Waals surface area contributed by atoms with Gasteiger partial charge in [0.05, 0.1) is 0 Å². The molecule has 4 N–H and O–H groups in total. The van der Waals surface area contributed by atoms with Gasteiger partial charge < -0.3 is 25.1 Å². The fourth-order valence-corrected chi connectivity index (χ4v) is 5.69. The first-order valence-corrected chi connectivity index (χ1v) is 15.6. The molecule has 4 aromatic carbocycles. The van der Waals surface area contributed by atoms with Crippen molar-refractivity contribution in [2.75, 3.05) is 13.2 Å². The second-order valence-corrected chi connectivity index (χ2v) is 11.3. The average molecular weight is 665 g/mol. The lowest BCUT2D eigenvalue weighted by Gasteiger charge is -2.27. The van der Waals surface area contributed by atoms with E-state index in [0.29, 0.717) is 10.5 Å². The van der Waals surface area contributed by atoms with Crippen LogP contribution >= 0.6 is 0 Å². The van der Waals surface area contributed by atoms with E-state index in [1.165, 1.54) is 0 Å². The van der Waals surface area contributed by atoms with Gasteiger partial charge in [0.15, 0.2) is 5.96 Å². The molecule has 4 aromatic rings. The molecule has 0 saturated carbocycles. The van der Waals surface area contributed by atoms with Crippen LogP contribution in [0, 0.1) is 5.41 Å². The molecule has 1 atom stereocenters. The lowest BCUT2D eigenvalue weighted by atomic mass is 9.98. The Hall–Kier alpha value is -6.17. The van der Waals surface area contributed by atoms with Crippen LogP contribution in [0.15, 0.2) is 109 Å². The molecule has 252 valence electrons. The first-order chi connectivity index (χ1) is 23.7. The number of aliphatic carboxylic acids is 1. The molecular weight excluding hydrogens is 628 g/mol. The number of nitrogens with two attached hydrogens (primary N) is 1. The summed E-state index contributed by atoms with van der Waals surface area (Å²) in [4.78, 5) is 53.7. The van der Waals surface area contributed by atoms with Crippen LogP contribution in [-0.2, 0) is 32.2 Å². The number of nitrogens with zero attached hydrogens (tertiary/aromatic N) is 2. The summed E-state index contributed by atoms with van der Waals surface area (Å²) in [5.41, 5.74) is 10.9. The normalized spacial score (nSPS) is 12.2. The Morgan fingerprint density at radius 3 is 1.67 bits per heavy atom. The maximum atomic E-state index is 13.7. The summed E-state index contributed by atoms with van der Waals surface area (Å²) in [5.74, 6) is -2.44. The number of carboxylic acids is 1. The number of benzene rings is 4. The maximum absolute atomic E-state index is 13.7. The second-order valence-electron chi connectivity index (χ2n) is 11.3. The summed E-state index contributed by atoms with van der Waals surface area (Å²) in [6.45, 7) is -0.661. The molecule has 3 amide bonds. The monoisotopic (exact) mass is 664 g/mol. The van der Waals surface area contributed by atoms with Gasteiger partial charge in [-0.25, -0.2) is 24.1 Å². The van der Waals surface area contributed by atoms with Crippen molar-refractivity contribution in [2.24, 2.45) is 5.73 Å². The van der Waals surface area contributed by atoms with Crippen molar-refractivity contribution in [3.05, 3.63) is 131 Å². The number of amides is 3. The molecule has 5 rings (SSSR count). The molecule has 1 aliphatic rings. The standard InChI is InChI=1S/C37H36N4O8/c38-34(39)40(35(44)47-22-25-12-3-1-4-13-25)21-11-20-32(33(42)43)41(36(45)48-23-26-14-5-2-6-15-26)37(46)49-24-31-29-18-9-7-16-27(29)28-17-8-10-19-30(28)31/h1-10,12-19,31-32H,11,20-24H2,(H3,38,39)(H,42,43)/t32-/m0/s1. The molecule has 0 fully saturated rings. The average Bonchev–Trinajstić information content (AvgIpc) is 3.44. The molecule has 49 heavy (non-hydrogen) atoms. The SMILES string of the molecule is N=C(N)N(CCC[C@@H](C(=O)O)N(C(=O)OCc1ccccc1)C(=O)OCC1c2ccccc2-c2ccccc21)C(=O)OCc1ccccc1. The number of ether oxygens (including phenoxy) is 3. The van der Waals surface area contributed by atoms with Crippen molar-refractivity contribution in [3.63, 3.8) is 0 Å². The number of hydrogen-bond donors (Lipinski definition) is 3. The van der Waals surface area contributed by atoms with Gasteiger partial charge >= 0.3 is 24.2 Å². The smallest absolute Gasteiger partial charge is 0.420 e. The fraction of sp³-hybridized carbons (Fsp3) is 0.216. The van der Waals surface area contributed by atoms with Crippen molar-refractivity contribution >= 4 is 30.2 Å². The molecule has 0 bridgehead atoms. The van der Waals surface area contributed by atoms with E-state index in [9.17, 15) is 24.3 Å². The van der Waals surface area contributed by atoms with Crippen LogP contribution in [0.2, 0.25) is 0 Å². The minimum atomic E-state index is -1.73. The zero-order valence-corrected chi connectivity index (χ0v) is 26.6. The highest BCUT2D eigenvalue weighted by atomic mass is 16.6. The number of imide groups is 1.